The maximum atomic E-state index is 13.6. The summed E-state index contributed by atoms with van der Waals surface area (Å²) in [5.41, 5.74) is -0.398. The van der Waals surface area contributed by atoms with Gasteiger partial charge in [-0.3, -0.25) is 9.59 Å². The lowest BCUT2D eigenvalue weighted by Gasteiger charge is -2.36. The lowest BCUT2D eigenvalue weighted by atomic mass is 10.0. The molecular formula is C30H25F6N3O5S. The van der Waals surface area contributed by atoms with Crippen molar-refractivity contribution in [1.82, 2.24) is 9.62 Å². The maximum Gasteiger partial charge on any atom is 0.416 e. The largest absolute Gasteiger partial charge is 0.508 e. The molecule has 1 fully saturated rings. The first-order valence-electron chi connectivity index (χ1n) is 13.3. The molecule has 0 saturated carbocycles. The van der Waals surface area contributed by atoms with Crippen molar-refractivity contribution in [3.05, 3.63) is 94.5 Å². The second-order valence-corrected chi connectivity index (χ2v) is 11.9. The van der Waals surface area contributed by atoms with Gasteiger partial charge < -0.3 is 14.9 Å². The minimum atomic E-state index is -4.73. The molecule has 0 unspecified atom stereocenters. The van der Waals surface area contributed by atoms with Crippen molar-refractivity contribution in [3.8, 4) is 17.6 Å². The van der Waals surface area contributed by atoms with E-state index in [1.165, 1.54) is 53.4 Å². The number of nitrogens with one attached hydrogen (secondary N) is 1. The number of alkyl halides is 6. The zero-order valence-electron chi connectivity index (χ0n) is 23.2. The minimum absolute atomic E-state index is 0.0348. The van der Waals surface area contributed by atoms with Crippen LogP contribution in [0.2, 0.25) is 0 Å². The van der Waals surface area contributed by atoms with Crippen LogP contribution in [0.3, 0.4) is 0 Å². The van der Waals surface area contributed by atoms with E-state index in [1.807, 2.05) is 4.90 Å². The molecule has 2 N–H and O–H groups in total. The Labute approximate surface area is 254 Å². The molecule has 2 amide bonds. The van der Waals surface area contributed by atoms with E-state index in [0.29, 0.717) is 11.3 Å². The molecule has 4 rings (SSSR count). The number of halogens is 6. The average molecular weight is 654 g/mol. The Morgan fingerprint density at radius 3 is 2.07 bits per heavy atom. The summed E-state index contributed by atoms with van der Waals surface area (Å²) in [7, 11) is -4.51. The second kappa shape index (κ2) is 13.1. The van der Waals surface area contributed by atoms with Gasteiger partial charge in [-0.25, -0.2) is 13.1 Å². The number of hydrogen-bond donors (Lipinski definition) is 2. The van der Waals surface area contributed by atoms with Crippen molar-refractivity contribution in [3.63, 3.8) is 0 Å². The number of phenols is 1. The van der Waals surface area contributed by atoms with Gasteiger partial charge in [-0.05, 0) is 60.7 Å². The van der Waals surface area contributed by atoms with Crippen LogP contribution in [0.5, 0.6) is 5.75 Å². The third-order valence-corrected chi connectivity index (χ3v) is 7.91. The van der Waals surface area contributed by atoms with Crippen LogP contribution in [0.4, 0.5) is 32.0 Å². The van der Waals surface area contributed by atoms with E-state index in [9.17, 15) is 49.5 Å². The molecule has 0 spiro atoms. The molecule has 3 aromatic rings. The first-order chi connectivity index (χ1) is 21.0. The highest BCUT2D eigenvalue weighted by atomic mass is 32.2. The first-order valence-corrected chi connectivity index (χ1v) is 14.9. The number of nitrogens with zero attached hydrogens (tertiary/aromatic N) is 2. The highest BCUT2D eigenvalue weighted by molar-refractivity contribution is 7.90. The lowest BCUT2D eigenvalue weighted by molar-refractivity contribution is -0.137. The van der Waals surface area contributed by atoms with E-state index in [1.54, 1.807) is 10.8 Å². The number of amides is 2. The molecule has 1 aliphatic rings. The highest BCUT2D eigenvalue weighted by Gasteiger charge is 2.33. The summed E-state index contributed by atoms with van der Waals surface area (Å²) in [6.07, 6.45) is -11.0. The number of carbonyl (C=O) groups is 2. The van der Waals surface area contributed by atoms with Gasteiger partial charge in [0.05, 0.1) is 17.7 Å². The molecule has 3 aromatic carbocycles. The fraction of sp³-hybridized carbons (Fsp3) is 0.267. The Morgan fingerprint density at radius 1 is 0.822 bits per heavy atom. The van der Waals surface area contributed by atoms with Gasteiger partial charge in [0, 0.05) is 54.1 Å². The van der Waals surface area contributed by atoms with Crippen molar-refractivity contribution in [2.75, 3.05) is 36.8 Å². The number of carbonyl (C=O) groups excluding carboxylic acids is 2. The number of aromatic hydroxyl groups is 1. The zero-order chi connectivity index (χ0) is 33.0. The topological polar surface area (TPSA) is 107 Å². The van der Waals surface area contributed by atoms with E-state index in [4.69, 9.17) is 0 Å². The third kappa shape index (κ3) is 9.39. The van der Waals surface area contributed by atoms with Crippen LogP contribution in [0.15, 0.2) is 66.7 Å². The standard InChI is InChI=1S/C30H25F6N3O5S/c31-29(32,33)10-15-45(43,44)37-27(41)22-6-8-25(9-7-22)38-11-13-39(14-12-38)28(42)23-16-21(17-24(19-23)30(34,35)36)5-4-20-2-1-3-26(40)18-20/h1-3,6-9,16-19,40H,10-15H2,(H,37,41). The molecule has 0 aliphatic carbocycles. The molecular weight excluding hydrogens is 628 g/mol. The molecule has 8 nitrogen and oxygen atoms in total. The second-order valence-electron chi connectivity index (χ2n) is 10.0. The Morgan fingerprint density at radius 2 is 1.47 bits per heavy atom. The summed E-state index contributed by atoms with van der Waals surface area (Å²) >= 11 is 0. The number of anilines is 1. The SMILES string of the molecule is O=C(NS(=O)(=O)CCC(F)(F)F)c1ccc(N2CCN(C(=O)c3cc(C#Cc4cccc(O)c4)cc(C(F)(F)F)c3)CC2)cc1. The molecule has 0 radical (unpaired) electrons. The third-order valence-electron chi connectivity index (χ3n) is 6.67. The Bertz CT molecular complexity index is 1740. The quantitative estimate of drug-likeness (QED) is 0.293. The van der Waals surface area contributed by atoms with Crippen LogP contribution in [0, 0.1) is 11.8 Å². The van der Waals surface area contributed by atoms with Gasteiger partial charge in [0.15, 0.2) is 0 Å². The van der Waals surface area contributed by atoms with Gasteiger partial charge in [-0.1, -0.05) is 17.9 Å². The Balaban J connectivity index is 1.41. The summed E-state index contributed by atoms with van der Waals surface area (Å²) in [6.45, 7) is 0.872. The van der Waals surface area contributed by atoms with Gasteiger partial charge in [0.1, 0.15) is 5.75 Å². The van der Waals surface area contributed by atoms with E-state index < -0.39 is 51.9 Å². The van der Waals surface area contributed by atoms with Crippen LogP contribution in [0.1, 0.15) is 43.8 Å². The number of piperazine rings is 1. The number of hydrogen-bond acceptors (Lipinski definition) is 6. The highest BCUT2D eigenvalue weighted by Crippen LogP contribution is 2.31. The van der Waals surface area contributed by atoms with E-state index in [0.717, 1.165) is 12.1 Å². The fourth-order valence-electron chi connectivity index (χ4n) is 4.39. The normalized spacial score (nSPS) is 14.0. The number of benzene rings is 3. The number of rotatable bonds is 6. The summed E-state index contributed by atoms with van der Waals surface area (Å²) in [5.74, 6) is 2.23. The zero-order valence-corrected chi connectivity index (χ0v) is 24.1. The molecule has 1 saturated heterocycles. The molecule has 15 heteroatoms. The van der Waals surface area contributed by atoms with E-state index in [2.05, 4.69) is 11.8 Å². The van der Waals surface area contributed by atoms with Crippen LogP contribution >= 0.6 is 0 Å². The summed E-state index contributed by atoms with van der Waals surface area (Å²) in [6, 6.07) is 14.3. The van der Waals surface area contributed by atoms with Crippen molar-refractivity contribution in [2.45, 2.75) is 18.8 Å². The van der Waals surface area contributed by atoms with Gasteiger partial charge in [0.2, 0.25) is 10.0 Å². The summed E-state index contributed by atoms with van der Waals surface area (Å²) < 4.78 is 103. The van der Waals surface area contributed by atoms with Gasteiger partial charge in [-0.15, -0.1) is 0 Å². The molecule has 0 aromatic heterocycles. The van der Waals surface area contributed by atoms with Crippen LogP contribution < -0.4 is 9.62 Å². The van der Waals surface area contributed by atoms with E-state index in [-0.39, 0.29) is 48.6 Å². The van der Waals surface area contributed by atoms with Gasteiger partial charge >= 0.3 is 12.4 Å². The van der Waals surface area contributed by atoms with Crippen LogP contribution in [0.25, 0.3) is 0 Å². The van der Waals surface area contributed by atoms with Crippen molar-refractivity contribution >= 4 is 27.5 Å². The maximum absolute atomic E-state index is 13.6. The summed E-state index contributed by atoms with van der Waals surface area (Å²) in [5, 5.41) is 9.59. The minimum Gasteiger partial charge on any atom is -0.508 e. The molecule has 1 aliphatic heterocycles. The summed E-state index contributed by atoms with van der Waals surface area (Å²) in [4.78, 5) is 28.7. The van der Waals surface area contributed by atoms with Crippen molar-refractivity contribution in [2.24, 2.45) is 0 Å². The van der Waals surface area contributed by atoms with Crippen molar-refractivity contribution < 1.29 is 49.5 Å². The van der Waals surface area contributed by atoms with Crippen LogP contribution in [-0.4, -0.2) is 68.3 Å². The number of phenolic OH excluding ortho intramolecular Hbond substituents is 1. The molecule has 238 valence electrons. The van der Waals surface area contributed by atoms with Crippen molar-refractivity contribution in [1.29, 1.82) is 0 Å². The molecule has 45 heavy (non-hydrogen) atoms. The predicted molar refractivity (Wildman–Crippen MR) is 152 cm³/mol. The van der Waals surface area contributed by atoms with E-state index >= 15 is 0 Å². The van der Waals surface area contributed by atoms with Gasteiger partial charge in [-0.2, -0.15) is 26.3 Å². The monoisotopic (exact) mass is 653 g/mol. The van der Waals surface area contributed by atoms with Crippen LogP contribution in [-0.2, 0) is 16.2 Å². The smallest absolute Gasteiger partial charge is 0.416 e. The number of sulfonamides is 1. The fourth-order valence-corrected chi connectivity index (χ4v) is 5.39. The molecule has 0 bridgehead atoms. The Kier molecular flexibility index (Phi) is 9.67. The first kappa shape index (κ1) is 33.2. The average Bonchev–Trinajstić information content (AvgIpc) is 2.98. The van der Waals surface area contributed by atoms with Gasteiger partial charge in [0.25, 0.3) is 11.8 Å². The Hall–Kier alpha value is -4.71. The predicted octanol–water partition coefficient (Wildman–Crippen LogP) is 4.79. The lowest BCUT2D eigenvalue weighted by Crippen LogP contribution is -2.48. The molecule has 1 heterocycles. The molecule has 0 atom stereocenters.